The number of hydrogen-bond acceptors (Lipinski definition) is 4. The molecule has 19 heavy (non-hydrogen) atoms. The number of β-amino-alcohol motifs (C(OH)–C–C–N with tert-alkyl or cyclic N) is 1. The van der Waals surface area contributed by atoms with Crippen molar-refractivity contribution in [2.75, 3.05) is 12.3 Å². The number of nitrogens with two attached hydrogens (primary N) is 1. The van der Waals surface area contributed by atoms with E-state index in [9.17, 15) is 9.90 Å². The number of rotatable bonds is 2. The van der Waals surface area contributed by atoms with E-state index in [0.717, 1.165) is 10.8 Å². The molecule has 1 saturated heterocycles. The Hall–Kier alpha value is -1.91. The molecule has 98 valence electrons. The quantitative estimate of drug-likeness (QED) is 0.559. The SMILES string of the molecule is Nc1ccc2ccccc2c1C(=O)[C@H]1CC(O)CN1. The van der Waals surface area contributed by atoms with Crippen molar-refractivity contribution >= 4 is 22.2 Å². The predicted molar refractivity (Wildman–Crippen MR) is 75.1 cm³/mol. The molecule has 0 spiro atoms. The molecule has 1 aliphatic rings. The largest absolute Gasteiger partial charge is 0.398 e. The number of aliphatic hydroxyl groups excluding tert-OH is 1. The van der Waals surface area contributed by atoms with Gasteiger partial charge in [-0.25, -0.2) is 0 Å². The van der Waals surface area contributed by atoms with Crippen molar-refractivity contribution in [2.45, 2.75) is 18.6 Å². The van der Waals surface area contributed by atoms with Crippen molar-refractivity contribution in [3.63, 3.8) is 0 Å². The van der Waals surface area contributed by atoms with E-state index < -0.39 is 6.10 Å². The molecule has 0 aromatic heterocycles. The highest BCUT2D eigenvalue weighted by Gasteiger charge is 2.30. The number of hydrogen-bond donors (Lipinski definition) is 3. The molecule has 1 fully saturated rings. The molecule has 4 heteroatoms. The maximum atomic E-state index is 12.6. The third-order valence-corrected chi connectivity index (χ3v) is 3.63. The number of fused-ring (bicyclic) bond motifs is 1. The first-order valence-corrected chi connectivity index (χ1v) is 6.39. The fraction of sp³-hybridized carbons (Fsp3) is 0.267. The molecule has 1 heterocycles. The maximum Gasteiger partial charge on any atom is 0.182 e. The molecule has 1 unspecified atom stereocenters. The Morgan fingerprint density at radius 3 is 2.79 bits per heavy atom. The molecule has 1 aliphatic heterocycles. The van der Waals surface area contributed by atoms with Crippen molar-refractivity contribution in [3.8, 4) is 0 Å². The minimum Gasteiger partial charge on any atom is -0.398 e. The van der Waals surface area contributed by atoms with E-state index in [2.05, 4.69) is 5.32 Å². The summed E-state index contributed by atoms with van der Waals surface area (Å²) in [5.74, 6) is -0.0362. The summed E-state index contributed by atoms with van der Waals surface area (Å²) < 4.78 is 0. The molecular weight excluding hydrogens is 240 g/mol. The van der Waals surface area contributed by atoms with Gasteiger partial charge in [0.15, 0.2) is 5.78 Å². The van der Waals surface area contributed by atoms with E-state index in [1.807, 2.05) is 30.3 Å². The van der Waals surface area contributed by atoms with Gasteiger partial charge in [-0.3, -0.25) is 4.79 Å². The van der Waals surface area contributed by atoms with E-state index >= 15 is 0 Å². The van der Waals surface area contributed by atoms with Gasteiger partial charge in [0.25, 0.3) is 0 Å². The third-order valence-electron chi connectivity index (χ3n) is 3.63. The Bertz CT molecular complexity index is 639. The number of carbonyl (C=O) groups is 1. The van der Waals surface area contributed by atoms with Crippen LogP contribution < -0.4 is 11.1 Å². The van der Waals surface area contributed by atoms with Gasteiger partial charge in [0, 0.05) is 17.8 Å². The number of Topliss-reactive ketones (excluding diaryl/α,β-unsaturated/α-hetero) is 1. The number of nitrogen functional groups attached to an aromatic ring is 1. The van der Waals surface area contributed by atoms with Gasteiger partial charge in [-0.15, -0.1) is 0 Å². The van der Waals surface area contributed by atoms with E-state index in [1.54, 1.807) is 6.07 Å². The van der Waals surface area contributed by atoms with Gasteiger partial charge in [-0.1, -0.05) is 30.3 Å². The second kappa shape index (κ2) is 4.64. The summed E-state index contributed by atoms with van der Waals surface area (Å²) in [4.78, 5) is 12.6. The third kappa shape index (κ3) is 2.09. The highest BCUT2D eigenvalue weighted by Crippen LogP contribution is 2.27. The molecule has 2 aromatic carbocycles. The number of ketones is 1. The lowest BCUT2D eigenvalue weighted by atomic mass is 9.95. The highest BCUT2D eigenvalue weighted by atomic mass is 16.3. The Balaban J connectivity index is 2.08. The first-order valence-electron chi connectivity index (χ1n) is 6.39. The molecule has 2 aromatic rings. The smallest absolute Gasteiger partial charge is 0.182 e. The van der Waals surface area contributed by atoms with Crippen LogP contribution in [-0.4, -0.2) is 29.6 Å². The minimum absolute atomic E-state index is 0.0362. The number of aliphatic hydroxyl groups is 1. The lowest BCUT2D eigenvalue weighted by Gasteiger charge is -2.13. The van der Waals surface area contributed by atoms with Crippen LogP contribution in [0.15, 0.2) is 36.4 Å². The van der Waals surface area contributed by atoms with Crippen LogP contribution in [0.5, 0.6) is 0 Å². The number of nitrogens with one attached hydrogen (secondary N) is 1. The van der Waals surface area contributed by atoms with E-state index in [-0.39, 0.29) is 11.8 Å². The molecule has 2 atom stereocenters. The van der Waals surface area contributed by atoms with Crippen LogP contribution in [0.4, 0.5) is 5.69 Å². The number of anilines is 1. The highest BCUT2D eigenvalue weighted by molar-refractivity contribution is 6.14. The second-order valence-electron chi connectivity index (χ2n) is 4.97. The first kappa shape index (κ1) is 12.1. The van der Waals surface area contributed by atoms with Crippen molar-refractivity contribution in [1.82, 2.24) is 5.32 Å². The summed E-state index contributed by atoms with van der Waals surface area (Å²) >= 11 is 0. The summed E-state index contributed by atoms with van der Waals surface area (Å²) in [6.45, 7) is 0.459. The predicted octanol–water partition coefficient (Wildman–Crippen LogP) is 1.33. The van der Waals surface area contributed by atoms with Gasteiger partial charge in [-0.2, -0.15) is 0 Å². The Kier molecular flexibility index (Phi) is 2.97. The second-order valence-corrected chi connectivity index (χ2v) is 4.97. The Morgan fingerprint density at radius 2 is 2.05 bits per heavy atom. The molecule has 0 bridgehead atoms. The van der Waals surface area contributed by atoms with Crippen LogP contribution in [0.25, 0.3) is 10.8 Å². The van der Waals surface area contributed by atoms with Crippen molar-refractivity contribution < 1.29 is 9.90 Å². The van der Waals surface area contributed by atoms with Gasteiger partial charge >= 0.3 is 0 Å². The van der Waals surface area contributed by atoms with Crippen LogP contribution in [0.1, 0.15) is 16.8 Å². The van der Waals surface area contributed by atoms with Crippen LogP contribution in [0, 0.1) is 0 Å². The molecule has 0 radical (unpaired) electrons. The molecule has 0 aliphatic carbocycles. The zero-order valence-corrected chi connectivity index (χ0v) is 10.5. The zero-order chi connectivity index (χ0) is 13.4. The number of carbonyl (C=O) groups excluding carboxylic acids is 1. The molecule has 0 saturated carbocycles. The minimum atomic E-state index is -0.454. The van der Waals surface area contributed by atoms with Crippen LogP contribution in [0.3, 0.4) is 0 Å². The average Bonchev–Trinajstić information content (AvgIpc) is 2.85. The summed E-state index contributed by atoms with van der Waals surface area (Å²) in [6, 6.07) is 11.0. The van der Waals surface area contributed by atoms with Gasteiger partial charge in [0.1, 0.15) is 0 Å². The molecule has 4 nitrogen and oxygen atoms in total. The Morgan fingerprint density at radius 1 is 1.26 bits per heavy atom. The fourth-order valence-corrected chi connectivity index (χ4v) is 2.65. The lowest BCUT2D eigenvalue weighted by Crippen LogP contribution is -2.31. The molecular formula is C15H16N2O2. The Labute approximate surface area is 111 Å². The van der Waals surface area contributed by atoms with Gasteiger partial charge in [0.05, 0.1) is 12.1 Å². The summed E-state index contributed by atoms with van der Waals surface area (Å²) in [5, 5.41) is 14.4. The molecule has 4 N–H and O–H groups in total. The van der Waals surface area contributed by atoms with E-state index in [1.165, 1.54) is 0 Å². The topological polar surface area (TPSA) is 75.4 Å². The number of benzene rings is 2. The average molecular weight is 256 g/mol. The standard InChI is InChI=1S/C15H16N2O2/c16-12-6-5-9-3-1-2-4-11(9)14(12)15(19)13-7-10(18)8-17-13/h1-6,10,13,17-18H,7-8,16H2/t10?,13-/m1/s1. The van der Waals surface area contributed by atoms with Crippen LogP contribution in [-0.2, 0) is 0 Å². The van der Waals surface area contributed by atoms with Crippen molar-refractivity contribution in [3.05, 3.63) is 42.0 Å². The summed E-state index contributed by atoms with van der Waals surface area (Å²) in [5.41, 5.74) is 7.03. The normalized spacial score (nSPS) is 22.8. The van der Waals surface area contributed by atoms with Crippen molar-refractivity contribution in [1.29, 1.82) is 0 Å². The summed E-state index contributed by atoms with van der Waals surface area (Å²) in [7, 11) is 0. The maximum absolute atomic E-state index is 12.6. The molecule has 0 amide bonds. The molecule has 3 rings (SSSR count). The van der Waals surface area contributed by atoms with Crippen LogP contribution in [0.2, 0.25) is 0 Å². The lowest BCUT2D eigenvalue weighted by molar-refractivity contribution is 0.0945. The van der Waals surface area contributed by atoms with Gasteiger partial charge in [-0.05, 0) is 23.3 Å². The van der Waals surface area contributed by atoms with Crippen LogP contribution >= 0.6 is 0 Å². The summed E-state index contributed by atoms with van der Waals surface area (Å²) in [6.07, 6.45) is -0.00764. The fourth-order valence-electron chi connectivity index (χ4n) is 2.65. The zero-order valence-electron chi connectivity index (χ0n) is 10.5. The van der Waals surface area contributed by atoms with E-state index in [4.69, 9.17) is 5.73 Å². The monoisotopic (exact) mass is 256 g/mol. The van der Waals surface area contributed by atoms with Crippen molar-refractivity contribution in [2.24, 2.45) is 0 Å². The first-order chi connectivity index (χ1) is 9.16. The van der Waals surface area contributed by atoms with Gasteiger partial charge in [0.2, 0.25) is 0 Å². The van der Waals surface area contributed by atoms with E-state index in [0.29, 0.717) is 24.2 Å². The van der Waals surface area contributed by atoms with Gasteiger partial charge < -0.3 is 16.2 Å².